The summed E-state index contributed by atoms with van der Waals surface area (Å²) in [6, 6.07) is 7.39. The van der Waals surface area contributed by atoms with Crippen molar-refractivity contribution in [3.05, 3.63) is 60.3 Å². The molecule has 13 heteroatoms. The van der Waals surface area contributed by atoms with E-state index in [1.54, 1.807) is 32.9 Å². The Kier molecular flexibility index (Phi) is 7.45. The molecule has 0 aliphatic carbocycles. The van der Waals surface area contributed by atoms with Crippen LogP contribution in [0.2, 0.25) is 0 Å². The molecule has 2 aliphatic heterocycles. The van der Waals surface area contributed by atoms with Gasteiger partial charge in [-0.3, -0.25) is 4.79 Å². The quantitative estimate of drug-likeness (QED) is 0.447. The molecule has 0 radical (unpaired) electrons. The summed E-state index contributed by atoms with van der Waals surface area (Å²) in [5.74, 6) is -3.55. The fourth-order valence-electron chi connectivity index (χ4n) is 4.63. The summed E-state index contributed by atoms with van der Waals surface area (Å²) in [6.07, 6.45) is 3.23. The second-order valence-electron chi connectivity index (χ2n) is 11.0. The molecular weight excluding hydrogens is 539 g/mol. The number of pyridine rings is 1. The van der Waals surface area contributed by atoms with Crippen molar-refractivity contribution < 1.29 is 27.5 Å². The van der Waals surface area contributed by atoms with E-state index < -0.39 is 35.9 Å². The lowest BCUT2D eigenvalue weighted by Crippen LogP contribution is -2.60. The number of nitrogens with zero attached hydrogens (tertiary/aromatic N) is 5. The summed E-state index contributed by atoms with van der Waals surface area (Å²) in [5.41, 5.74) is 0.121. The molecule has 3 aromatic rings. The summed E-state index contributed by atoms with van der Waals surface area (Å²) in [7, 11) is 0. The highest BCUT2D eigenvalue weighted by Crippen LogP contribution is 2.39. The van der Waals surface area contributed by atoms with Gasteiger partial charge in [-0.15, -0.1) is 0 Å². The molecule has 2 aliphatic rings. The number of hydrogen-bond acceptors (Lipinski definition) is 8. The second kappa shape index (κ2) is 10.9. The summed E-state index contributed by atoms with van der Waals surface area (Å²) in [6.45, 7) is 5.75. The van der Waals surface area contributed by atoms with Gasteiger partial charge in [0.25, 0.3) is 11.8 Å². The molecule has 5 rings (SSSR count). The number of carbonyl (C=O) groups excluding carboxylic acids is 2. The average molecular weight is 570 g/mol. The zero-order valence-corrected chi connectivity index (χ0v) is 22.8. The lowest BCUT2D eigenvalue weighted by Gasteiger charge is -2.39. The summed E-state index contributed by atoms with van der Waals surface area (Å²) < 4.78 is 48.1. The largest absolute Gasteiger partial charge is 0.444 e. The van der Waals surface area contributed by atoms with Gasteiger partial charge < -0.3 is 25.2 Å². The zero-order valence-electron chi connectivity index (χ0n) is 22.8. The molecule has 0 atom stereocenters. The number of rotatable bonds is 6. The predicted octanol–water partition coefficient (Wildman–Crippen LogP) is 4.49. The monoisotopic (exact) mass is 569 g/mol. The van der Waals surface area contributed by atoms with E-state index in [0.717, 1.165) is 0 Å². The Hall–Kier alpha value is -4.42. The molecule has 2 fully saturated rings. The van der Waals surface area contributed by atoms with Crippen LogP contribution in [0.3, 0.4) is 0 Å². The van der Waals surface area contributed by atoms with E-state index in [0.29, 0.717) is 24.6 Å². The Bertz CT molecular complexity index is 1440. The van der Waals surface area contributed by atoms with Gasteiger partial charge in [-0.2, -0.15) is 0 Å². The van der Waals surface area contributed by atoms with Crippen molar-refractivity contribution in [1.29, 1.82) is 0 Å². The first-order valence-electron chi connectivity index (χ1n) is 13.1. The minimum absolute atomic E-state index is 0.0288. The Morgan fingerprint density at radius 2 is 1.73 bits per heavy atom. The van der Waals surface area contributed by atoms with Crippen LogP contribution in [0.4, 0.5) is 35.4 Å². The predicted molar refractivity (Wildman–Crippen MR) is 147 cm³/mol. The lowest BCUT2D eigenvalue weighted by molar-refractivity contribution is 0.0256. The third kappa shape index (κ3) is 6.50. The van der Waals surface area contributed by atoms with E-state index >= 15 is 0 Å². The van der Waals surface area contributed by atoms with Crippen molar-refractivity contribution in [3.8, 4) is 11.1 Å². The minimum atomic E-state index is -2.90. The van der Waals surface area contributed by atoms with E-state index in [-0.39, 0.29) is 41.6 Å². The first kappa shape index (κ1) is 28.1. The number of amides is 2. The molecule has 41 heavy (non-hydrogen) atoms. The van der Waals surface area contributed by atoms with Crippen LogP contribution in [0.1, 0.15) is 37.6 Å². The molecule has 4 heterocycles. The third-order valence-electron chi connectivity index (χ3n) is 6.59. The molecule has 0 spiro atoms. The Morgan fingerprint density at radius 1 is 1.02 bits per heavy atom. The summed E-state index contributed by atoms with van der Waals surface area (Å²) in [4.78, 5) is 41.3. The van der Waals surface area contributed by atoms with Crippen LogP contribution in [-0.4, -0.2) is 70.7 Å². The standard InChI is InChI=1S/C28H30F3N7O3/c1-27(2,3)41-26(40)35-18-14-38(15-18)25-33-12-17(13-34-25)24(39)36-22-20(19-6-4-5-7-21(19)29)8-10-32-23(22)37-11-9-28(30,31)16-37/h4-8,10,12-13,18H,9,11,14-16H2,1-3H3,(H,35,40)(H,36,39). The van der Waals surface area contributed by atoms with Crippen molar-refractivity contribution >= 4 is 29.5 Å². The molecule has 2 N–H and O–H groups in total. The van der Waals surface area contributed by atoms with Crippen molar-refractivity contribution in [1.82, 2.24) is 20.3 Å². The summed E-state index contributed by atoms with van der Waals surface area (Å²) >= 11 is 0. The molecule has 10 nitrogen and oxygen atoms in total. The van der Waals surface area contributed by atoms with Gasteiger partial charge in [-0.1, -0.05) is 18.2 Å². The van der Waals surface area contributed by atoms with Crippen molar-refractivity contribution in [2.75, 3.05) is 41.3 Å². The highest BCUT2D eigenvalue weighted by atomic mass is 19.3. The maximum atomic E-state index is 14.8. The maximum absolute atomic E-state index is 14.8. The zero-order chi connectivity index (χ0) is 29.4. The van der Waals surface area contributed by atoms with E-state index in [1.807, 2.05) is 4.90 Å². The minimum Gasteiger partial charge on any atom is -0.444 e. The van der Waals surface area contributed by atoms with E-state index in [2.05, 4.69) is 25.6 Å². The van der Waals surface area contributed by atoms with Crippen molar-refractivity contribution in [2.45, 2.75) is 44.8 Å². The molecule has 0 unspecified atom stereocenters. The number of carbonyl (C=O) groups is 2. The first-order chi connectivity index (χ1) is 19.4. The number of anilines is 3. The van der Waals surface area contributed by atoms with Gasteiger partial charge in [-0.05, 0) is 32.9 Å². The maximum Gasteiger partial charge on any atom is 0.407 e. The smallest absolute Gasteiger partial charge is 0.407 e. The molecule has 1 aromatic carbocycles. The summed E-state index contributed by atoms with van der Waals surface area (Å²) in [5, 5.41) is 5.52. The second-order valence-corrected chi connectivity index (χ2v) is 11.0. The van der Waals surface area contributed by atoms with Gasteiger partial charge in [0, 0.05) is 55.8 Å². The number of ether oxygens (including phenoxy) is 1. The lowest BCUT2D eigenvalue weighted by atomic mass is 10.0. The Morgan fingerprint density at radius 3 is 2.37 bits per heavy atom. The van der Waals surface area contributed by atoms with Gasteiger partial charge in [0.05, 0.1) is 23.8 Å². The molecule has 216 valence electrons. The number of benzene rings is 1. The van der Waals surface area contributed by atoms with E-state index in [1.165, 1.54) is 41.7 Å². The van der Waals surface area contributed by atoms with E-state index in [9.17, 15) is 22.8 Å². The normalized spacial score (nSPS) is 16.7. The van der Waals surface area contributed by atoms with Gasteiger partial charge in [0.2, 0.25) is 5.95 Å². The van der Waals surface area contributed by atoms with Gasteiger partial charge in [0.15, 0.2) is 5.82 Å². The first-order valence-corrected chi connectivity index (χ1v) is 13.1. The molecular formula is C28H30F3N7O3. The fourth-order valence-corrected chi connectivity index (χ4v) is 4.63. The van der Waals surface area contributed by atoms with Gasteiger partial charge in [-0.25, -0.2) is 32.9 Å². The third-order valence-corrected chi connectivity index (χ3v) is 6.59. The Labute approximate surface area is 234 Å². The molecule has 0 bridgehead atoms. The molecule has 2 saturated heterocycles. The number of nitrogens with one attached hydrogen (secondary N) is 2. The Balaban J connectivity index is 1.31. The van der Waals surface area contributed by atoms with Gasteiger partial charge in [0.1, 0.15) is 11.4 Å². The molecule has 2 aromatic heterocycles. The van der Waals surface area contributed by atoms with Crippen LogP contribution in [0.5, 0.6) is 0 Å². The van der Waals surface area contributed by atoms with Crippen LogP contribution in [0.15, 0.2) is 48.9 Å². The van der Waals surface area contributed by atoms with Crippen molar-refractivity contribution in [3.63, 3.8) is 0 Å². The fraction of sp³-hybridized carbons (Fsp3) is 0.393. The van der Waals surface area contributed by atoms with Crippen LogP contribution in [0, 0.1) is 5.82 Å². The van der Waals surface area contributed by atoms with E-state index in [4.69, 9.17) is 4.74 Å². The van der Waals surface area contributed by atoms with Crippen LogP contribution < -0.4 is 20.4 Å². The molecule has 2 amide bonds. The molecule has 0 saturated carbocycles. The van der Waals surface area contributed by atoms with Crippen LogP contribution in [-0.2, 0) is 4.74 Å². The number of aromatic nitrogens is 3. The SMILES string of the molecule is CC(C)(C)OC(=O)NC1CN(c2ncc(C(=O)Nc3c(-c4ccccc4F)ccnc3N3CCC(F)(F)C3)cn2)C1. The van der Waals surface area contributed by atoms with Gasteiger partial charge >= 0.3 is 6.09 Å². The average Bonchev–Trinajstić information content (AvgIpc) is 3.25. The highest BCUT2D eigenvalue weighted by molar-refractivity contribution is 6.08. The number of alkyl carbamates (subject to hydrolysis) is 1. The highest BCUT2D eigenvalue weighted by Gasteiger charge is 2.40. The number of hydrogen-bond donors (Lipinski definition) is 2. The topological polar surface area (TPSA) is 113 Å². The number of halogens is 3. The van der Waals surface area contributed by atoms with Crippen LogP contribution in [0.25, 0.3) is 11.1 Å². The number of alkyl halides is 2. The van der Waals surface area contributed by atoms with Crippen LogP contribution >= 0.6 is 0 Å². The van der Waals surface area contributed by atoms with Crippen molar-refractivity contribution in [2.24, 2.45) is 0 Å².